The summed E-state index contributed by atoms with van der Waals surface area (Å²) < 4.78 is 1.88. The van der Waals surface area contributed by atoms with Crippen LogP contribution < -0.4 is 5.32 Å². The quantitative estimate of drug-likeness (QED) is 0.818. The predicted octanol–water partition coefficient (Wildman–Crippen LogP) is 0.940. The number of carbonyl (C=O) groups excluding carboxylic acids is 1. The molecule has 1 aliphatic carbocycles. The fraction of sp³-hybridized carbons (Fsp3) is 0.692. The molecule has 1 aromatic rings. The van der Waals surface area contributed by atoms with Crippen LogP contribution >= 0.6 is 0 Å². The van der Waals surface area contributed by atoms with Gasteiger partial charge in [-0.25, -0.2) is 4.98 Å². The number of aryl methyl sites for hydroxylation is 1. The summed E-state index contributed by atoms with van der Waals surface area (Å²) in [5.41, 5.74) is 0. The number of nitrogens with zero attached hydrogens (tertiary/aromatic N) is 2. The van der Waals surface area contributed by atoms with Gasteiger partial charge in [-0.2, -0.15) is 0 Å². The maximum Gasteiger partial charge on any atom is 0.221 e. The van der Waals surface area contributed by atoms with Gasteiger partial charge in [0.2, 0.25) is 5.91 Å². The third kappa shape index (κ3) is 3.84. The van der Waals surface area contributed by atoms with Gasteiger partial charge in [-0.3, -0.25) is 4.79 Å². The molecule has 5 heteroatoms. The van der Waals surface area contributed by atoms with E-state index < -0.39 is 0 Å². The molecule has 2 rings (SSSR count). The SMILES string of the molecule is O=C(CCn1ccnc1)NCC1CCCCC1O. The van der Waals surface area contributed by atoms with Crippen LogP contribution in [-0.2, 0) is 11.3 Å². The number of aromatic nitrogens is 2. The van der Waals surface area contributed by atoms with Gasteiger partial charge >= 0.3 is 0 Å². The number of carbonyl (C=O) groups is 1. The molecule has 0 aliphatic heterocycles. The molecule has 0 bridgehead atoms. The topological polar surface area (TPSA) is 67.2 Å². The summed E-state index contributed by atoms with van der Waals surface area (Å²) in [5, 5.41) is 12.7. The van der Waals surface area contributed by atoms with Crippen molar-refractivity contribution >= 4 is 5.91 Å². The molecule has 0 radical (unpaired) electrons. The molecule has 1 fully saturated rings. The first kappa shape index (κ1) is 13.1. The minimum atomic E-state index is -0.243. The Morgan fingerprint density at radius 1 is 1.44 bits per heavy atom. The van der Waals surface area contributed by atoms with Crippen molar-refractivity contribution in [2.75, 3.05) is 6.54 Å². The highest BCUT2D eigenvalue weighted by atomic mass is 16.3. The van der Waals surface area contributed by atoms with E-state index in [1.54, 1.807) is 12.5 Å². The molecule has 2 unspecified atom stereocenters. The molecule has 1 aromatic heterocycles. The Bertz CT molecular complexity index is 364. The zero-order valence-corrected chi connectivity index (χ0v) is 10.6. The van der Waals surface area contributed by atoms with Crippen molar-refractivity contribution in [3.63, 3.8) is 0 Å². The van der Waals surface area contributed by atoms with Gasteiger partial charge in [-0.15, -0.1) is 0 Å². The van der Waals surface area contributed by atoms with Crippen LogP contribution in [0, 0.1) is 5.92 Å². The van der Waals surface area contributed by atoms with Gasteiger partial charge in [0.15, 0.2) is 0 Å². The number of aliphatic hydroxyl groups is 1. The monoisotopic (exact) mass is 251 g/mol. The zero-order chi connectivity index (χ0) is 12.8. The minimum absolute atomic E-state index is 0.0430. The Morgan fingerprint density at radius 3 is 3.00 bits per heavy atom. The highest BCUT2D eigenvalue weighted by Gasteiger charge is 2.23. The molecule has 5 nitrogen and oxygen atoms in total. The molecule has 2 N–H and O–H groups in total. The van der Waals surface area contributed by atoms with Crippen LogP contribution in [0.5, 0.6) is 0 Å². The predicted molar refractivity (Wildman–Crippen MR) is 67.8 cm³/mol. The minimum Gasteiger partial charge on any atom is -0.393 e. The largest absolute Gasteiger partial charge is 0.393 e. The lowest BCUT2D eigenvalue weighted by Crippen LogP contribution is -2.36. The van der Waals surface area contributed by atoms with Crippen molar-refractivity contribution in [1.82, 2.24) is 14.9 Å². The van der Waals surface area contributed by atoms with Crippen molar-refractivity contribution in [2.24, 2.45) is 5.92 Å². The van der Waals surface area contributed by atoms with Gasteiger partial charge in [-0.1, -0.05) is 12.8 Å². The summed E-state index contributed by atoms with van der Waals surface area (Å²) in [6, 6.07) is 0. The van der Waals surface area contributed by atoms with Crippen LogP contribution in [0.25, 0.3) is 0 Å². The molecule has 18 heavy (non-hydrogen) atoms. The van der Waals surface area contributed by atoms with Gasteiger partial charge < -0.3 is 15.0 Å². The van der Waals surface area contributed by atoms with Crippen molar-refractivity contribution in [1.29, 1.82) is 0 Å². The van der Waals surface area contributed by atoms with E-state index in [9.17, 15) is 9.90 Å². The summed E-state index contributed by atoms with van der Waals surface area (Å²) in [6.45, 7) is 1.25. The van der Waals surface area contributed by atoms with E-state index in [4.69, 9.17) is 0 Å². The molecule has 2 atom stereocenters. The van der Waals surface area contributed by atoms with Gasteiger partial charge in [0.1, 0.15) is 0 Å². The first-order valence-electron chi connectivity index (χ1n) is 6.66. The second-order valence-electron chi connectivity index (χ2n) is 4.97. The molecule has 1 heterocycles. The summed E-state index contributed by atoms with van der Waals surface area (Å²) in [5.74, 6) is 0.275. The van der Waals surface area contributed by atoms with E-state index in [2.05, 4.69) is 10.3 Å². The second-order valence-corrected chi connectivity index (χ2v) is 4.97. The van der Waals surface area contributed by atoms with Crippen LogP contribution in [0.2, 0.25) is 0 Å². The number of hydrogen-bond donors (Lipinski definition) is 2. The van der Waals surface area contributed by atoms with Gasteiger partial charge in [-0.05, 0) is 12.8 Å². The third-order valence-corrected chi connectivity index (χ3v) is 3.59. The van der Waals surface area contributed by atoms with Crippen molar-refractivity contribution in [3.8, 4) is 0 Å². The summed E-state index contributed by atoms with van der Waals surface area (Å²) in [4.78, 5) is 15.6. The molecule has 100 valence electrons. The van der Waals surface area contributed by atoms with E-state index >= 15 is 0 Å². The van der Waals surface area contributed by atoms with Crippen LogP contribution in [0.1, 0.15) is 32.1 Å². The molecule has 0 aromatic carbocycles. The average molecular weight is 251 g/mol. The summed E-state index contributed by atoms with van der Waals surface area (Å²) >= 11 is 0. The van der Waals surface area contributed by atoms with Crippen LogP contribution in [0.4, 0.5) is 0 Å². The van der Waals surface area contributed by atoms with E-state index in [1.807, 2.05) is 10.8 Å². The number of amides is 1. The Labute approximate surface area is 107 Å². The van der Waals surface area contributed by atoms with E-state index in [0.717, 1.165) is 25.7 Å². The fourth-order valence-electron chi connectivity index (χ4n) is 2.41. The molecule has 1 saturated carbocycles. The van der Waals surface area contributed by atoms with E-state index in [0.29, 0.717) is 19.5 Å². The Kier molecular flexibility index (Phi) is 4.75. The fourth-order valence-corrected chi connectivity index (χ4v) is 2.41. The first-order valence-corrected chi connectivity index (χ1v) is 6.66. The smallest absolute Gasteiger partial charge is 0.221 e. The van der Waals surface area contributed by atoms with Gasteiger partial charge in [0, 0.05) is 37.8 Å². The average Bonchev–Trinajstić information content (AvgIpc) is 2.88. The normalized spacial score (nSPS) is 23.8. The molecular weight excluding hydrogens is 230 g/mol. The number of rotatable bonds is 5. The number of imidazole rings is 1. The lowest BCUT2D eigenvalue weighted by atomic mass is 9.86. The lowest BCUT2D eigenvalue weighted by molar-refractivity contribution is -0.121. The number of hydrogen-bond acceptors (Lipinski definition) is 3. The summed E-state index contributed by atoms with van der Waals surface area (Å²) in [7, 11) is 0. The highest BCUT2D eigenvalue weighted by molar-refractivity contribution is 5.75. The Balaban J connectivity index is 1.65. The molecule has 0 saturated heterocycles. The molecule has 1 amide bonds. The van der Waals surface area contributed by atoms with E-state index in [-0.39, 0.29) is 17.9 Å². The third-order valence-electron chi connectivity index (χ3n) is 3.59. The molecular formula is C13H21N3O2. The maximum absolute atomic E-state index is 11.7. The first-order chi connectivity index (χ1) is 8.75. The van der Waals surface area contributed by atoms with Crippen LogP contribution in [0.15, 0.2) is 18.7 Å². The maximum atomic E-state index is 11.7. The number of nitrogens with one attached hydrogen (secondary N) is 1. The molecule has 1 aliphatic rings. The van der Waals surface area contributed by atoms with Gasteiger partial charge in [0.25, 0.3) is 0 Å². The van der Waals surface area contributed by atoms with Crippen molar-refractivity contribution < 1.29 is 9.90 Å². The van der Waals surface area contributed by atoms with Crippen LogP contribution in [-0.4, -0.2) is 33.2 Å². The standard InChI is InChI=1S/C13H21N3O2/c17-12-4-2-1-3-11(12)9-15-13(18)5-7-16-8-6-14-10-16/h6,8,10-12,17H,1-5,7,9H2,(H,15,18). The molecule has 0 spiro atoms. The Morgan fingerprint density at radius 2 is 2.28 bits per heavy atom. The van der Waals surface area contributed by atoms with Crippen molar-refractivity contribution in [3.05, 3.63) is 18.7 Å². The van der Waals surface area contributed by atoms with Crippen LogP contribution in [0.3, 0.4) is 0 Å². The zero-order valence-electron chi connectivity index (χ0n) is 10.6. The second kappa shape index (κ2) is 6.54. The summed E-state index contributed by atoms with van der Waals surface area (Å²) in [6.07, 6.45) is 9.62. The van der Waals surface area contributed by atoms with Crippen molar-refractivity contribution in [2.45, 2.75) is 44.8 Å². The Hall–Kier alpha value is -1.36. The van der Waals surface area contributed by atoms with E-state index in [1.165, 1.54) is 0 Å². The number of aliphatic hydroxyl groups excluding tert-OH is 1. The highest BCUT2D eigenvalue weighted by Crippen LogP contribution is 2.23. The van der Waals surface area contributed by atoms with Gasteiger partial charge in [0.05, 0.1) is 12.4 Å². The lowest BCUT2D eigenvalue weighted by Gasteiger charge is -2.27.